The maximum absolute atomic E-state index is 12.8. The Morgan fingerprint density at radius 3 is 2.88 bits per heavy atom. The number of hydrogen-bond donors (Lipinski definition) is 1. The summed E-state index contributed by atoms with van der Waals surface area (Å²) in [5.41, 5.74) is 3.66. The van der Waals surface area contributed by atoms with E-state index in [2.05, 4.69) is 15.3 Å². The van der Waals surface area contributed by atoms with Crippen LogP contribution < -0.4 is 5.32 Å². The van der Waals surface area contributed by atoms with Gasteiger partial charge in [-0.25, -0.2) is 4.98 Å². The maximum atomic E-state index is 12.8. The molecule has 3 aromatic rings. The summed E-state index contributed by atoms with van der Waals surface area (Å²) in [6.07, 6.45) is 4.09. The molecule has 0 aliphatic heterocycles. The van der Waals surface area contributed by atoms with Crippen molar-refractivity contribution in [2.24, 2.45) is 5.92 Å². The quantitative estimate of drug-likeness (QED) is 0.776. The summed E-state index contributed by atoms with van der Waals surface area (Å²) in [5, 5.41) is 4.21. The number of rotatable bonds is 4. The van der Waals surface area contributed by atoms with E-state index < -0.39 is 0 Å². The van der Waals surface area contributed by atoms with E-state index in [9.17, 15) is 4.79 Å². The molecule has 1 saturated carbocycles. The van der Waals surface area contributed by atoms with Crippen LogP contribution in [0.2, 0.25) is 0 Å². The first kappa shape index (κ1) is 15.3. The lowest BCUT2D eigenvalue weighted by Crippen LogP contribution is -2.31. The fraction of sp³-hybridized carbons (Fsp3) is 0.316. The van der Waals surface area contributed by atoms with Crippen molar-refractivity contribution in [3.63, 3.8) is 0 Å². The van der Waals surface area contributed by atoms with Gasteiger partial charge in [-0.2, -0.15) is 0 Å². The Kier molecular flexibility index (Phi) is 3.81. The van der Waals surface area contributed by atoms with Crippen molar-refractivity contribution < 1.29 is 4.79 Å². The highest BCUT2D eigenvalue weighted by molar-refractivity contribution is 7.18. The first-order chi connectivity index (χ1) is 11.6. The van der Waals surface area contributed by atoms with Crippen LogP contribution in [0.5, 0.6) is 0 Å². The van der Waals surface area contributed by atoms with E-state index >= 15 is 0 Å². The number of nitrogens with zero attached hydrogens (tertiary/aromatic N) is 2. The van der Waals surface area contributed by atoms with Gasteiger partial charge in [0.1, 0.15) is 0 Å². The van der Waals surface area contributed by atoms with Crippen molar-refractivity contribution in [3.05, 3.63) is 58.4 Å². The second-order valence-corrected chi connectivity index (χ2v) is 7.64. The molecule has 1 amide bonds. The smallest absolute Gasteiger partial charge is 0.251 e. The lowest BCUT2D eigenvalue weighted by Gasteiger charge is -2.19. The number of carbonyl (C=O) groups is 1. The third-order valence-corrected chi connectivity index (χ3v) is 5.43. The molecule has 1 aromatic carbocycles. The molecule has 2 heterocycles. The molecule has 4 rings (SSSR count). The summed E-state index contributed by atoms with van der Waals surface area (Å²) in [7, 11) is 0. The van der Waals surface area contributed by atoms with Gasteiger partial charge < -0.3 is 5.32 Å². The van der Waals surface area contributed by atoms with Crippen molar-refractivity contribution in [2.45, 2.75) is 32.7 Å². The number of hydrogen-bond acceptors (Lipinski definition) is 4. The zero-order valence-electron chi connectivity index (χ0n) is 13.7. The average Bonchev–Trinajstić information content (AvgIpc) is 3.33. The van der Waals surface area contributed by atoms with Crippen LogP contribution in [0.1, 0.15) is 45.5 Å². The number of aryl methyl sites for hydroxylation is 2. The average molecular weight is 337 g/mol. The standard InChI is InChI=1S/C19H19N3OS/c1-11-4-3-9-20-17(11)18(13-5-6-13)22-19(23)14-7-8-16-15(10-14)21-12(2)24-16/h3-4,7-10,13,18H,5-6H2,1-2H3,(H,22,23)/t18-/m0/s1. The third kappa shape index (κ3) is 2.91. The minimum Gasteiger partial charge on any atom is -0.343 e. The number of benzene rings is 1. The lowest BCUT2D eigenvalue weighted by atomic mass is 10.0. The van der Waals surface area contributed by atoms with E-state index in [-0.39, 0.29) is 11.9 Å². The number of aromatic nitrogens is 2. The van der Waals surface area contributed by atoms with E-state index in [1.165, 1.54) is 0 Å². The van der Waals surface area contributed by atoms with Crippen LogP contribution in [0.15, 0.2) is 36.5 Å². The van der Waals surface area contributed by atoms with Crippen molar-refractivity contribution in [2.75, 3.05) is 0 Å². The summed E-state index contributed by atoms with van der Waals surface area (Å²) in [5.74, 6) is 0.442. The Labute approximate surface area is 145 Å². The van der Waals surface area contributed by atoms with E-state index in [0.717, 1.165) is 39.3 Å². The predicted molar refractivity (Wildman–Crippen MR) is 96.3 cm³/mol. The minimum absolute atomic E-state index is 0.00781. The summed E-state index contributed by atoms with van der Waals surface area (Å²) < 4.78 is 1.11. The molecule has 4 nitrogen and oxygen atoms in total. The van der Waals surface area contributed by atoms with Crippen LogP contribution in [0.25, 0.3) is 10.2 Å². The number of thiazole rings is 1. The normalized spacial score (nSPS) is 15.4. The van der Waals surface area contributed by atoms with Gasteiger partial charge in [0.05, 0.1) is 27.0 Å². The zero-order valence-corrected chi connectivity index (χ0v) is 14.6. The third-order valence-electron chi connectivity index (χ3n) is 4.48. The monoisotopic (exact) mass is 337 g/mol. The highest BCUT2D eigenvalue weighted by Crippen LogP contribution is 2.41. The van der Waals surface area contributed by atoms with Crippen LogP contribution in [0.4, 0.5) is 0 Å². The molecule has 1 aliphatic rings. The van der Waals surface area contributed by atoms with Gasteiger partial charge in [-0.1, -0.05) is 6.07 Å². The van der Waals surface area contributed by atoms with Gasteiger partial charge >= 0.3 is 0 Å². The van der Waals surface area contributed by atoms with E-state index in [0.29, 0.717) is 11.5 Å². The molecule has 1 N–H and O–H groups in total. The van der Waals surface area contributed by atoms with Crippen LogP contribution >= 0.6 is 11.3 Å². The molecule has 0 saturated heterocycles. The Hall–Kier alpha value is -2.27. The van der Waals surface area contributed by atoms with Crippen molar-refractivity contribution in [1.82, 2.24) is 15.3 Å². The number of fused-ring (bicyclic) bond motifs is 1. The molecule has 0 bridgehead atoms. The molecular weight excluding hydrogens is 318 g/mol. The van der Waals surface area contributed by atoms with Crippen molar-refractivity contribution in [1.29, 1.82) is 0 Å². The van der Waals surface area contributed by atoms with Gasteiger partial charge in [-0.05, 0) is 62.4 Å². The highest BCUT2D eigenvalue weighted by atomic mass is 32.1. The molecule has 1 fully saturated rings. The lowest BCUT2D eigenvalue weighted by molar-refractivity contribution is 0.0930. The first-order valence-corrected chi connectivity index (χ1v) is 9.03. The topological polar surface area (TPSA) is 54.9 Å². The fourth-order valence-electron chi connectivity index (χ4n) is 3.07. The van der Waals surface area contributed by atoms with Gasteiger partial charge in [0.2, 0.25) is 0 Å². The molecule has 5 heteroatoms. The van der Waals surface area contributed by atoms with Crippen molar-refractivity contribution in [3.8, 4) is 0 Å². The molecule has 1 atom stereocenters. The number of amides is 1. The largest absolute Gasteiger partial charge is 0.343 e. The number of pyridine rings is 1. The van der Waals surface area contributed by atoms with Gasteiger partial charge in [0, 0.05) is 11.8 Å². The molecule has 2 aromatic heterocycles. The Morgan fingerprint density at radius 2 is 2.12 bits per heavy atom. The van der Waals surface area contributed by atoms with E-state index in [1.54, 1.807) is 17.5 Å². The van der Waals surface area contributed by atoms with Crippen LogP contribution in [0.3, 0.4) is 0 Å². The molecule has 1 aliphatic carbocycles. The van der Waals surface area contributed by atoms with Gasteiger partial charge in [-0.15, -0.1) is 11.3 Å². The van der Waals surface area contributed by atoms with Gasteiger partial charge in [0.15, 0.2) is 0 Å². The minimum atomic E-state index is -0.0514. The Balaban J connectivity index is 1.61. The molecule has 0 spiro atoms. The molecule has 0 radical (unpaired) electrons. The molecule has 0 unspecified atom stereocenters. The first-order valence-electron chi connectivity index (χ1n) is 8.21. The van der Waals surface area contributed by atoms with Crippen molar-refractivity contribution >= 4 is 27.5 Å². The molecule has 24 heavy (non-hydrogen) atoms. The molecule has 122 valence electrons. The molecular formula is C19H19N3OS. The second-order valence-electron chi connectivity index (χ2n) is 6.41. The summed E-state index contributed by atoms with van der Waals surface area (Å²) in [6, 6.07) is 9.71. The van der Waals surface area contributed by atoms with Crippen LogP contribution in [-0.2, 0) is 0 Å². The summed E-state index contributed by atoms with van der Waals surface area (Å²) in [6.45, 7) is 4.03. The van der Waals surface area contributed by atoms with Gasteiger partial charge in [0.25, 0.3) is 5.91 Å². The zero-order chi connectivity index (χ0) is 16.7. The maximum Gasteiger partial charge on any atom is 0.251 e. The number of nitrogens with one attached hydrogen (secondary N) is 1. The fourth-order valence-corrected chi connectivity index (χ4v) is 3.88. The second kappa shape index (κ2) is 5.98. The van der Waals surface area contributed by atoms with Crippen LogP contribution in [-0.4, -0.2) is 15.9 Å². The SMILES string of the molecule is Cc1nc2cc(C(=O)N[C@H](c3ncccc3C)C3CC3)ccc2s1. The summed E-state index contributed by atoms with van der Waals surface area (Å²) >= 11 is 1.65. The predicted octanol–water partition coefficient (Wildman–Crippen LogP) is 4.19. The summed E-state index contributed by atoms with van der Waals surface area (Å²) in [4.78, 5) is 21.8. The van der Waals surface area contributed by atoms with Gasteiger partial charge in [-0.3, -0.25) is 9.78 Å². The van der Waals surface area contributed by atoms with E-state index in [1.807, 2.05) is 44.2 Å². The highest BCUT2D eigenvalue weighted by Gasteiger charge is 2.35. The Morgan fingerprint density at radius 1 is 1.29 bits per heavy atom. The van der Waals surface area contributed by atoms with Crippen LogP contribution in [0, 0.1) is 19.8 Å². The Bertz CT molecular complexity index is 914. The van der Waals surface area contributed by atoms with E-state index in [4.69, 9.17) is 0 Å². The number of carbonyl (C=O) groups excluding carboxylic acids is 1.